The second kappa shape index (κ2) is 5.71. The predicted molar refractivity (Wildman–Crippen MR) is 78.5 cm³/mol. The molecule has 0 bridgehead atoms. The van der Waals surface area contributed by atoms with E-state index in [-0.39, 0.29) is 0 Å². The van der Waals surface area contributed by atoms with Gasteiger partial charge in [0, 0.05) is 29.9 Å². The highest BCUT2D eigenvalue weighted by Gasteiger charge is 2.17. The first-order valence-corrected chi connectivity index (χ1v) is 7.31. The molecule has 3 rings (SSSR count). The summed E-state index contributed by atoms with van der Waals surface area (Å²) in [7, 11) is 0. The standard InChI is InChI=1S/C15H21N5/c1-11(2)20-10-13(7-18-20)15-9-17-8-14(19-15)12-3-5-16-6-4-12/h7-12,16H,3-6H2,1-2H3. The zero-order valence-electron chi connectivity index (χ0n) is 12.1. The molecule has 2 aromatic rings. The lowest BCUT2D eigenvalue weighted by atomic mass is 9.95. The Bertz CT molecular complexity index is 569. The highest BCUT2D eigenvalue weighted by Crippen LogP contribution is 2.25. The second-order valence-corrected chi connectivity index (χ2v) is 5.66. The summed E-state index contributed by atoms with van der Waals surface area (Å²) in [6.07, 6.45) is 9.93. The first-order chi connectivity index (χ1) is 9.74. The van der Waals surface area contributed by atoms with Gasteiger partial charge in [-0.3, -0.25) is 9.67 Å². The van der Waals surface area contributed by atoms with Crippen LogP contribution >= 0.6 is 0 Å². The van der Waals surface area contributed by atoms with Crippen LogP contribution in [-0.2, 0) is 0 Å². The van der Waals surface area contributed by atoms with Crippen molar-refractivity contribution in [2.75, 3.05) is 13.1 Å². The van der Waals surface area contributed by atoms with E-state index < -0.39 is 0 Å². The van der Waals surface area contributed by atoms with Gasteiger partial charge in [-0.2, -0.15) is 5.10 Å². The maximum absolute atomic E-state index is 4.80. The molecule has 0 radical (unpaired) electrons. The Morgan fingerprint density at radius 1 is 1.20 bits per heavy atom. The summed E-state index contributed by atoms with van der Waals surface area (Å²) in [4.78, 5) is 9.17. The number of nitrogens with one attached hydrogen (secondary N) is 1. The summed E-state index contributed by atoms with van der Waals surface area (Å²) in [5.41, 5.74) is 3.08. The van der Waals surface area contributed by atoms with Gasteiger partial charge in [0.1, 0.15) is 0 Å². The molecule has 0 saturated carbocycles. The Morgan fingerprint density at radius 3 is 2.70 bits per heavy atom. The summed E-state index contributed by atoms with van der Waals surface area (Å²) in [5.74, 6) is 0.531. The van der Waals surface area contributed by atoms with Crippen LogP contribution in [0, 0.1) is 0 Å². The molecule has 1 aliphatic rings. The van der Waals surface area contributed by atoms with E-state index in [1.54, 1.807) is 0 Å². The van der Waals surface area contributed by atoms with Gasteiger partial charge in [0.05, 0.1) is 23.8 Å². The molecule has 1 N–H and O–H groups in total. The number of nitrogens with zero attached hydrogens (tertiary/aromatic N) is 4. The molecule has 5 nitrogen and oxygen atoms in total. The van der Waals surface area contributed by atoms with Crippen molar-refractivity contribution in [2.24, 2.45) is 0 Å². The molecule has 2 aromatic heterocycles. The van der Waals surface area contributed by atoms with Gasteiger partial charge in [0.15, 0.2) is 0 Å². The summed E-state index contributed by atoms with van der Waals surface area (Å²) in [6, 6.07) is 0.365. The highest BCUT2D eigenvalue weighted by atomic mass is 15.3. The van der Waals surface area contributed by atoms with Crippen molar-refractivity contribution in [3.05, 3.63) is 30.5 Å². The first kappa shape index (κ1) is 13.2. The van der Waals surface area contributed by atoms with E-state index in [9.17, 15) is 0 Å². The minimum Gasteiger partial charge on any atom is -0.317 e. The zero-order valence-corrected chi connectivity index (χ0v) is 12.1. The maximum Gasteiger partial charge on any atom is 0.0920 e. The lowest BCUT2D eigenvalue weighted by molar-refractivity contribution is 0.452. The van der Waals surface area contributed by atoms with Gasteiger partial charge in [-0.25, -0.2) is 4.98 Å². The van der Waals surface area contributed by atoms with E-state index in [1.807, 2.05) is 29.5 Å². The Morgan fingerprint density at radius 2 is 2.00 bits per heavy atom. The molecular weight excluding hydrogens is 250 g/mol. The van der Waals surface area contributed by atoms with Crippen LogP contribution in [0.1, 0.15) is 44.3 Å². The molecule has 1 saturated heterocycles. The molecular formula is C15H21N5. The normalized spacial score (nSPS) is 16.8. The van der Waals surface area contributed by atoms with Gasteiger partial charge in [0.2, 0.25) is 0 Å². The molecule has 0 unspecified atom stereocenters. The SMILES string of the molecule is CC(C)n1cc(-c2cncc(C3CCNCC3)n2)cn1. The summed E-state index contributed by atoms with van der Waals surface area (Å²) < 4.78 is 1.95. The quantitative estimate of drug-likeness (QED) is 0.931. The van der Waals surface area contributed by atoms with Crippen molar-refractivity contribution in [3.8, 4) is 11.3 Å². The van der Waals surface area contributed by atoms with E-state index >= 15 is 0 Å². The smallest absolute Gasteiger partial charge is 0.0920 e. The second-order valence-electron chi connectivity index (χ2n) is 5.66. The molecule has 0 spiro atoms. The van der Waals surface area contributed by atoms with Crippen molar-refractivity contribution in [3.63, 3.8) is 0 Å². The Balaban J connectivity index is 1.86. The number of aromatic nitrogens is 4. The topological polar surface area (TPSA) is 55.6 Å². The predicted octanol–water partition coefficient (Wildman–Crippen LogP) is 2.39. The molecule has 20 heavy (non-hydrogen) atoms. The maximum atomic E-state index is 4.80. The van der Waals surface area contributed by atoms with Crippen LogP contribution in [0.25, 0.3) is 11.3 Å². The highest BCUT2D eigenvalue weighted by molar-refractivity contribution is 5.55. The van der Waals surface area contributed by atoms with Crippen LogP contribution in [0.4, 0.5) is 0 Å². The molecule has 0 aliphatic carbocycles. The fourth-order valence-corrected chi connectivity index (χ4v) is 2.59. The van der Waals surface area contributed by atoms with Crippen molar-refractivity contribution >= 4 is 0 Å². The molecule has 0 aromatic carbocycles. The third kappa shape index (κ3) is 2.72. The van der Waals surface area contributed by atoms with E-state index in [1.165, 1.54) is 0 Å². The molecule has 106 valence electrons. The van der Waals surface area contributed by atoms with E-state index in [4.69, 9.17) is 4.98 Å². The van der Waals surface area contributed by atoms with Crippen molar-refractivity contribution in [1.82, 2.24) is 25.1 Å². The third-order valence-electron chi connectivity index (χ3n) is 3.84. The first-order valence-electron chi connectivity index (χ1n) is 7.31. The largest absolute Gasteiger partial charge is 0.317 e. The number of hydrogen-bond acceptors (Lipinski definition) is 4. The van der Waals surface area contributed by atoms with Crippen LogP contribution in [0.5, 0.6) is 0 Å². The molecule has 1 aliphatic heterocycles. The van der Waals surface area contributed by atoms with Crippen molar-refractivity contribution < 1.29 is 0 Å². The Labute approximate surface area is 119 Å². The fraction of sp³-hybridized carbons (Fsp3) is 0.533. The molecule has 3 heterocycles. The molecule has 1 fully saturated rings. The summed E-state index contributed by atoms with van der Waals surface area (Å²) >= 11 is 0. The van der Waals surface area contributed by atoms with Gasteiger partial charge in [-0.15, -0.1) is 0 Å². The van der Waals surface area contributed by atoms with E-state index in [0.29, 0.717) is 12.0 Å². The molecule has 0 amide bonds. The van der Waals surface area contributed by atoms with Gasteiger partial charge >= 0.3 is 0 Å². The van der Waals surface area contributed by atoms with Crippen LogP contribution in [0.15, 0.2) is 24.8 Å². The van der Waals surface area contributed by atoms with Gasteiger partial charge in [-0.1, -0.05) is 0 Å². The minimum atomic E-state index is 0.365. The Hall–Kier alpha value is -1.75. The molecule has 0 atom stereocenters. The zero-order chi connectivity index (χ0) is 13.9. The number of piperidine rings is 1. The average Bonchev–Trinajstić information content (AvgIpc) is 2.98. The van der Waals surface area contributed by atoms with E-state index in [2.05, 4.69) is 29.2 Å². The third-order valence-corrected chi connectivity index (χ3v) is 3.84. The van der Waals surface area contributed by atoms with Gasteiger partial charge in [0.25, 0.3) is 0 Å². The summed E-state index contributed by atoms with van der Waals surface area (Å²) in [6.45, 7) is 6.38. The lowest BCUT2D eigenvalue weighted by Gasteiger charge is -2.21. The number of rotatable bonds is 3. The summed E-state index contributed by atoms with van der Waals surface area (Å²) in [5, 5.41) is 7.76. The minimum absolute atomic E-state index is 0.365. The van der Waals surface area contributed by atoms with Crippen LogP contribution in [0.3, 0.4) is 0 Å². The van der Waals surface area contributed by atoms with Crippen molar-refractivity contribution in [2.45, 2.75) is 38.6 Å². The van der Waals surface area contributed by atoms with Crippen LogP contribution in [-0.4, -0.2) is 32.8 Å². The molecule has 5 heteroatoms. The van der Waals surface area contributed by atoms with Crippen LogP contribution < -0.4 is 5.32 Å². The lowest BCUT2D eigenvalue weighted by Crippen LogP contribution is -2.27. The fourth-order valence-electron chi connectivity index (χ4n) is 2.59. The Kier molecular flexibility index (Phi) is 3.78. The van der Waals surface area contributed by atoms with Gasteiger partial charge in [-0.05, 0) is 39.8 Å². The van der Waals surface area contributed by atoms with Crippen LogP contribution in [0.2, 0.25) is 0 Å². The van der Waals surface area contributed by atoms with Gasteiger partial charge < -0.3 is 5.32 Å². The van der Waals surface area contributed by atoms with Crippen molar-refractivity contribution in [1.29, 1.82) is 0 Å². The van der Waals surface area contributed by atoms with E-state index in [0.717, 1.165) is 42.9 Å². The average molecular weight is 271 g/mol. The monoisotopic (exact) mass is 271 g/mol. The number of hydrogen-bond donors (Lipinski definition) is 1.